The fourth-order valence-electron chi connectivity index (χ4n) is 2.06. The summed E-state index contributed by atoms with van der Waals surface area (Å²) < 4.78 is 0. The molecule has 0 spiro atoms. The Kier molecular flexibility index (Phi) is 3.52. The van der Waals surface area contributed by atoms with Gasteiger partial charge in [-0.05, 0) is 30.3 Å². The van der Waals surface area contributed by atoms with Crippen LogP contribution >= 0.6 is 11.6 Å². The summed E-state index contributed by atoms with van der Waals surface area (Å²) in [5.74, 6) is -0.825. The lowest BCUT2D eigenvalue weighted by atomic mass is 10.1. The highest BCUT2D eigenvalue weighted by atomic mass is 35.5. The monoisotopic (exact) mass is 315 g/mol. The van der Waals surface area contributed by atoms with Gasteiger partial charge in [0, 0.05) is 28.4 Å². The number of aromatic amines is 1. The van der Waals surface area contributed by atoms with Crippen molar-refractivity contribution in [2.45, 2.75) is 0 Å². The first-order valence-electron chi connectivity index (χ1n) is 6.32. The number of benzene rings is 1. The first-order chi connectivity index (χ1) is 10.6. The second-order valence-electron chi connectivity index (χ2n) is 4.56. The second kappa shape index (κ2) is 5.50. The Bertz CT molecular complexity index is 922. The Balaban J connectivity index is 2.06. The predicted octanol–water partition coefficient (Wildman–Crippen LogP) is 2.53. The number of aromatic hydroxyl groups is 1. The molecule has 0 fully saturated rings. The summed E-state index contributed by atoms with van der Waals surface area (Å²) >= 11 is 5.85. The van der Waals surface area contributed by atoms with E-state index in [1.807, 2.05) is 0 Å². The van der Waals surface area contributed by atoms with E-state index in [0.717, 1.165) is 0 Å². The number of carbonyl (C=O) groups excluding carboxylic acids is 1. The zero-order chi connectivity index (χ0) is 15.7. The van der Waals surface area contributed by atoms with Gasteiger partial charge in [0.2, 0.25) is 0 Å². The average Bonchev–Trinajstić information content (AvgIpc) is 2.51. The van der Waals surface area contributed by atoms with Crippen molar-refractivity contribution >= 4 is 34.1 Å². The molecule has 3 rings (SSSR count). The predicted molar refractivity (Wildman–Crippen MR) is 83.4 cm³/mol. The van der Waals surface area contributed by atoms with Crippen molar-refractivity contribution in [3.05, 3.63) is 63.7 Å². The van der Waals surface area contributed by atoms with Gasteiger partial charge in [-0.3, -0.25) is 14.6 Å². The number of nitrogens with one attached hydrogen (secondary N) is 2. The number of aromatic nitrogens is 2. The van der Waals surface area contributed by atoms with Crippen molar-refractivity contribution in [1.29, 1.82) is 0 Å². The Morgan fingerprint density at radius 1 is 1.23 bits per heavy atom. The van der Waals surface area contributed by atoms with Gasteiger partial charge in [0.05, 0.1) is 5.52 Å². The van der Waals surface area contributed by atoms with E-state index < -0.39 is 11.5 Å². The van der Waals surface area contributed by atoms with Gasteiger partial charge in [-0.2, -0.15) is 0 Å². The van der Waals surface area contributed by atoms with Crippen LogP contribution in [0.1, 0.15) is 10.4 Å². The van der Waals surface area contributed by atoms with Crippen molar-refractivity contribution in [3.63, 3.8) is 0 Å². The average molecular weight is 316 g/mol. The fourth-order valence-corrected chi connectivity index (χ4v) is 2.23. The lowest BCUT2D eigenvalue weighted by Crippen LogP contribution is -2.20. The zero-order valence-corrected chi connectivity index (χ0v) is 11.9. The van der Waals surface area contributed by atoms with Crippen LogP contribution in [0.4, 0.5) is 5.69 Å². The lowest BCUT2D eigenvalue weighted by molar-refractivity contribution is 0.102. The van der Waals surface area contributed by atoms with E-state index in [-0.39, 0.29) is 11.4 Å². The van der Waals surface area contributed by atoms with Crippen molar-refractivity contribution in [2.75, 3.05) is 5.32 Å². The van der Waals surface area contributed by atoms with Crippen LogP contribution in [-0.2, 0) is 0 Å². The quantitative estimate of drug-likeness (QED) is 0.677. The maximum atomic E-state index is 12.1. The minimum Gasteiger partial charge on any atom is -0.505 e. The molecule has 0 bridgehead atoms. The molecule has 22 heavy (non-hydrogen) atoms. The molecular weight excluding hydrogens is 306 g/mol. The highest BCUT2D eigenvalue weighted by Gasteiger charge is 2.15. The molecule has 0 aliphatic rings. The standard InChI is InChI=1S/C15H10ClN3O3/c16-9-1-2-10-11(7-9)18-15(22)12(13(10)20)19-14(21)8-3-5-17-6-4-8/h1-7H,(H,19,21)(H2,18,20,22). The lowest BCUT2D eigenvalue weighted by Gasteiger charge is -2.09. The molecular formula is C15H10ClN3O3. The molecule has 1 amide bonds. The van der Waals surface area contributed by atoms with E-state index in [4.69, 9.17) is 11.6 Å². The number of fused-ring (bicyclic) bond motifs is 1. The minimum absolute atomic E-state index is 0.211. The third-order valence-electron chi connectivity index (χ3n) is 3.13. The Morgan fingerprint density at radius 3 is 2.68 bits per heavy atom. The second-order valence-corrected chi connectivity index (χ2v) is 4.99. The van der Waals surface area contributed by atoms with E-state index in [0.29, 0.717) is 21.5 Å². The van der Waals surface area contributed by atoms with Gasteiger partial charge in [0.25, 0.3) is 11.5 Å². The number of carbonyl (C=O) groups is 1. The van der Waals surface area contributed by atoms with Crippen LogP contribution in [0.25, 0.3) is 10.9 Å². The minimum atomic E-state index is -0.616. The van der Waals surface area contributed by atoms with Gasteiger partial charge in [0.15, 0.2) is 11.4 Å². The number of halogens is 1. The Morgan fingerprint density at radius 2 is 1.95 bits per heavy atom. The number of H-pyrrole nitrogens is 1. The Hall–Kier alpha value is -2.86. The van der Waals surface area contributed by atoms with Gasteiger partial charge in [0.1, 0.15) is 0 Å². The normalized spacial score (nSPS) is 10.6. The number of rotatable bonds is 2. The number of pyridine rings is 2. The molecule has 0 saturated carbocycles. The molecule has 3 N–H and O–H groups in total. The Labute approximate surface area is 129 Å². The highest BCUT2D eigenvalue weighted by Crippen LogP contribution is 2.30. The van der Waals surface area contributed by atoms with E-state index >= 15 is 0 Å². The van der Waals surface area contributed by atoms with Crippen LogP contribution in [0, 0.1) is 0 Å². The summed E-state index contributed by atoms with van der Waals surface area (Å²) in [5.41, 5.74) is -0.117. The van der Waals surface area contributed by atoms with Gasteiger partial charge in [-0.1, -0.05) is 11.6 Å². The van der Waals surface area contributed by atoms with Crippen molar-refractivity contribution in [1.82, 2.24) is 9.97 Å². The van der Waals surface area contributed by atoms with Crippen molar-refractivity contribution < 1.29 is 9.90 Å². The molecule has 3 aromatic rings. The molecule has 6 nitrogen and oxygen atoms in total. The third-order valence-corrected chi connectivity index (χ3v) is 3.36. The van der Waals surface area contributed by atoms with Crippen molar-refractivity contribution in [2.24, 2.45) is 0 Å². The molecule has 7 heteroatoms. The molecule has 0 saturated heterocycles. The molecule has 2 heterocycles. The van der Waals surface area contributed by atoms with Gasteiger partial charge < -0.3 is 15.4 Å². The van der Waals surface area contributed by atoms with Gasteiger partial charge >= 0.3 is 0 Å². The summed E-state index contributed by atoms with van der Waals surface area (Å²) in [6, 6.07) is 7.66. The highest BCUT2D eigenvalue weighted by molar-refractivity contribution is 6.31. The molecule has 0 aliphatic heterocycles. The SMILES string of the molecule is O=C(Nc1c(O)c2ccc(Cl)cc2[nH]c1=O)c1ccncc1. The summed E-state index contributed by atoms with van der Waals surface area (Å²) in [5, 5.41) is 13.4. The largest absolute Gasteiger partial charge is 0.505 e. The number of anilines is 1. The summed E-state index contributed by atoms with van der Waals surface area (Å²) in [6.07, 6.45) is 2.92. The molecule has 2 aromatic heterocycles. The zero-order valence-electron chi connectivity index (χ0n) is 11.1. The molecule has 0 radical (unpaired) electrons. The summed E-state index contributed by atoms with van der Waals surface area (Å²) in [4.78, 5) is 30.5. The maximum Gasteiger partial charge on any atom is 0.276 e. The van der Waals surface area contributed by atoms with Crippen LogP contribution in [0.15, 0.2) is 47.5 Å². The van der Waals surface area contributed by atoms with Crippen LogP contribution in [0.3, 0.4) is 0 Å². The summed E-state index contributed by atoms with van der Waals surface area (Å²) in [6.45, 7) is 0. The maximum absolute atomic E-state index is 12.1. The van der Waals surface area contributed by atoms with Crippen LogP contribution < -0.4 is 10.9 Å². The van der Waals surface area contributed by atoms with E-state index in [9.17, 15) is 14.7 Å². The van der Waals surface area contributed by atoms with Gasteiger partial charge in [-0.25, -0.2) is 0 Å². The third kappa shape index (κ3) is 2.51. The fraction of sp³-hybridized carbons (Fsp3) is 0. The van der Waals surface area contributed by atoms with E-state index in [1.165, 1.54) is 30.6 Å². The first kappa shape index (κ1) is 14.1. The number of amides is 1. The van der Waals surface area contributed by atoms with Crippen LogP contribution in [-0.4, -0.2) is 21.0 Å². The van der Waals surface area contributed by atoms with Crippen LogP contribution in [0.2, 0.25) is 5.02 Å². The smallest absolute Gasteiger partial charge is 0.276 e. The van der Waals surface area contributed by atoms with Crippen molar-refractivity contribution in [3.8, 4) is 5.75 Å². The van der Waals surface area contributed by atoms with E-state index in [1.54, 1.807) is 12.1 Å². The molecule has 0 atom stereocenters. The first-order valence-corrected chi connectivity index (χ1v) is 6.70. The molecule has 0 unspecified atom stereocenters. The number of hydrogen-bond donors (Lipinski definition) is 3. The summed E-state index contributed by atoms with van der Waals surface area (Å²) in [7, 11) is 0. The molecule has 110 valence electrons. The van der Waals surface area contributed by atoms with Gasteiger partial charge in [-0.15, -0.1) is 0 Å². The molecule has 1 aromatic carbocycles. The number of nitrogens with zero attached hydrogens (tertiary/aromatic N) is 1. The number of hydrogen-bond acceptors (Lipinski definition) is 4. The topological polar surface area (TPSA) is 95.1 Å². The van der Waals surface area contributed by atoms with Crippen LogP contribution in [0.5, 0.6) is 5.75 Å². The molecule has 0 aliphatic carbocycles. The van der Waals surface area contributed by atoms with E-state index in [2.05, 4.69) is 15.3 Å².